The Kier molecular flexibility index (Phi) is 5.05. The molecule has 122 valence electrons. The number of amides is 1. The topological polar surface area (TPSA) is 87.7 Å². The maximum absolute atomic E-state index is 12.5. The minimum atomic E-state index is -3.70. The highest BCUT2D eigenvalue weighted by Crippen LogP contribution is 2.25. The Morgan fingerprint density at radius 3 is 2.73 bits per heavy atom. The van der Waals surface area contributed by atoms with Crippen LogP contribution in [0.4, 0.5) is 0 Å². The fraction of sp³-hybridized carbons (Fsp3) is 0.500. The molecule has 7 nitrogen and oxygen atoms in total. The molecule has 1 heterocycles. The van der Waals surface area contributed by atoms with E-state index >= 15 is 0 Å². The van der Waals surface area contributed by atoms with Crippen molar-refractivity contribution in [2.24, 2.45) is 0 Å². The molecule has 8 heteroatoms. The highest BCUT2D eigenvalue weighted by Gasteiger charge is 2.26. The lowest BCUT2D eigenvalue weighted by atomic mass is 10.1. The van der Waals surface area contributed by atoms with Crippen LogP contribution in [0, 0.1) is 0 Å². The van der Waals surface area contributed by atoms with E-state index in [2.05, 4.69) is 10.0 Å². The van der Waals surface area contributed by atoms with Crippen LogP contribution in [0.1, 0.15) is 16.8 Å². The molecule has 0 saturated carbocycles. The van der Waals surface area contributed by atoms with Crippen molar-refractivity contribution in [1.29, 1.82) is 0 Å². The van der Waals surface area contributed by atoms with E-state index in [1.807, 2.05) is 0 Å². The Labute approximate surface area is 130 Å². The van der Waals surface area contributed by atoms with E-state index in [9.17, 15) is 13.2 Å². The fourth-order valence-electron chi connectivity index (χ4n) is 2.47. The van der Waals surface area contributed by atoms with E-state index < -0.39 is 10.0 Å². The lowest BCUT2D eigenvalue weighted by Crippen LogP contribution is -2.38. The third-order valence-corrected chi connectivity index (χ3v) is 5.31. The zero-order valence-electron chi connectivity index (χ0n) is 12.9. The average Bonchev–Trinajstić information content (AvgIpc) is 3.07. The summed E-state index contributed by atoms with van der Waals surface area (Å²) in [5.41, 5.74) is 0.323. The van der Waals surface area contributed by atoms with Crippen molar-refractivity contribution in [1.82, 2.24) is 14.9 Å². The lowest BCUT2D eigenvalue weighted by Gasteiger charge is -2.24. The molecule has 2 rings (SSSR count). The van der Waals surface area contributed by atoms with Gasteiger partial charge in [0.15, 0.2) is 0 Å². The summed E-state index contributed by atoms with van der Waals surface area (Å²) in [5, 5.41) is 3.20. The van der Waals surface area contributed by atoms with Crippen LogP contribution in [0.5, 0.6) is 5.75 Å². The zero-order valence-corrected chi connectivity index (χ0v) is 13.7. The maximum Gasteiger partial charge on any atom is 0.253 e. The van der Waals surface area contributed by atoms with Crippen molar-refractivity contribution in [3.8, 4) is 5.75 Å². The number of nitrogens with one attached hydrogen (secondary N) is 2. The molecule has 1 aliphatic rings. The molecule has 1 aromatic carbocycles. The number of sulfonamides is 1. The van der Waals surface area contributed by atoms with Crippen molar-refractivity contribution >= 4 is 15.9 Å². The smallest absolute Gasteiger partial charge is 0.253 e. The van der Waals surface area contributed by atoms with E-state index in [0.29, 0.717) is 5.56 Å². The minimum Gasteiger partial charge on any atom is -0.495 e. The number of methoxy groups -OCH3 is 1. The monoisotopic (exact) mass is 327 g/mol. The standard InChI is InChI=1S/C14H21N3O4S/c1-15-22(19,20)13-8-10(4-5-12(13)21-3)14(18)17(2)11-6-7-16-9-11/h4-5,8,11,15-16H,6-7,9H2,1-3H3. The largest absolute Gasteiger partial charge is 0.495 e. The van der Waals surface area contributed by atoms with Crippen LogP contribution in [0.15, 0.2) is 23.1 Å². The molecule has 2 N–H and O–H groups in total. The SMILES string of the molecule is CNS(=O)(=O)c1cc(C(=O)N(C)C2CCNC2)ccc1OC. The molecule has 0 radical (unpaired) electrons. The van der Waals surface area contributed by atoms with Gasteiger partial charge in [-0.05, 0) is 38.2 Å². The number of carbonyl (C=O) groups excluding carboxylic acids is 1. The Bertz CT molecular complexity index is 654. The predicted molar refractivity (Wildman–Crippen MR) is 82.6 cm³/mol. The molecule has 1 aromatic rings. The number of hydrogen-bond acceptors (Lipinski definition) is 5. The van der Waals surface area contributed by atoms with Crippen LogP contribution in [0.25, 0.3) is 0 Å². The second kappa shape index (κ2) is 6.64. The number of hydrogen-bond donors (Lipinski definition) is 2. The van der Waals surface area contributed by atoms with Crippen molar-refractivity contribution in [3.05, 3.63) is 23.8 Å². The van der Waals surface area contributed by atoms with Crippen molar-refractivity contribution < 1.29 is 17.9 Å². The number of benzene rings is 1. The van der Waals surface area contributed by atoms with Crippen LogP contribution >= 0.6 is 0 Å². The molecule has 1 fully saturated rings. The molecular weight excluding hydrogens is 306 g/mol. The van der Waals surface area contributed by atoms with Gasteiger partial charge in [-0.2, -0.15) is 0 Å². The van der Waals surface area contributed by atoms with Gasteiger partial charge in [0.05, 0.1) is 7.11 Å². The Balaban J connectivity index is 2.36. The molecule has 0 aromatic heterocycles. The van der Waals surface area contributed by atoms with Crippen LogP contribution in [-0.2, 0) is 10.0 Å². The molecule has 0 bridgehead atoms. The van der Waals surface area contributed by atoms with Gasteiger partial charge in [-0.3, -0.25) is 4.79 Å². The molecule has 0 spiro atoms. The first-order valence-corrected chi connectivity index (χ1v) is 8.48. The highest BCUT2D eigenvalue weighted by molar-refractivity contribution is 7.89. The number of ether oxygens (including phenoxy) is 1. The first-order valence-electron chi connectivity index (χ1n) is 7.00. The van der Waals surface area contributed by atoms with Crippen LogP contribution < -0.4 is 14.8 Å². The third-order valence-electron chi connectivity index (χ3n) is 3.87. The third kappa shape index (κ3) is 3.23. The van der Waals surface area contributed by atoms with E-state index in [-0.39, 0.29) is 22.6 Å². The lowest BCUT2D eigenvalue weighted by molar-refractivity contribution is 0.0743. The molecule has 1 saturated heterocycles. The summed E-state index contributed by atoms with van der Waals surface area (Å²) in [4.78, 5) is 14.2. The highest BCUT2D eigenvalue weighted by atomic mass is 32.2. The van der Waals surface area contributed by atoms with Crippen LogP contribution in [0.2, 0.25) is 0 Å². The van der Waals surface area contributed by atoms with Crippen molar-refractivity contribution in [2.75, 3.05) is 34.3 Å². The first-order chi connectivity index (χ1) is 10.4. The summed E-state index contributed by atoms with van der Waals surface area (Å²) >= 11 is 0. The van der Waals surface area contributed by atoms with Gasteiger partial charge in [0.2, 0.25) is 10.0 Å². The van der Waals surface area contributed by atoms with E-state index in [1.54, 1.807) is 18.0 Å². The quantitative estimate of drug-likeness (QED) is 0.797. The Morgan fingerprint density at radius 1 is 1.45 bits per heavy atom. The van der Waals surface area contributed by atoms with Gasteiger partial charge in [0.1, 0.15) is 10.6 Å². The van der Waals surface area contributed by atoms with Gasteiger partial charge in [-0.25, -0.2) is 13.1 Å². The van der Waals surface area contributed by atoms with Gasteiger partial charge in [0.25, 0.3) is 5.91 Å². The molecule has 1 atom stereocenters. The van der Waals surface area contributed by atoms with Gasteiger partial charge >= 0.3 is 0 Å². The summed E-state index contributed by atoms with van der Waals surface area (Å²) < 4.78 is 31.4. The van der Waals surface area contributed by atoms with E-state index in [0.717, 1.165) is 19.5 Å². The maximum atomic E-state index is 12.5. The zero-order chi connectivity index (χ0) is 16.3. The van der Waals surface area contributed by atoms with Crippen molar-refractivity contribution in [3.63, 3.8) is 0 Å². The molecule has 22 heavy (non-hydrogen) atoms. The molecule has 1 aliphatic heterocycles. The summed E-state index contributed by atoms with van der Waals surface area (Å²) in [6, 6.07) is 4.55. The number of carbonyl (C=O) groups is 1. The first kappa shape index (κ1) is 16.7. The van der Waals surface area contributed by atoms with E-state index in [4.69, 9.17) is 4.74 Å². The minimum absolute atomic E-state index is 0.0405. The summed E-state index contributed by atoms with van der Waals surface area (Å²) in [5.74, 6) is -0.00000719. The average molecular weight is 327 g/mol. The number of rotatable bonds is 5. The molecule has 1 amide bonds. The van der Waals surface area contributed by atoms with Crippen LogP contribution in [-0.4, -0.2) is 59.6 Å². The Hall–Kier alpha value is -1.64. The fourth-order valence-corrected chi connectivity index (χ4v) is 3.39. The second-order valence-corrected chi connectivity index (χ2v) is 6.99. The predicted octanol–water partition coefficient (Wildman–Crippen LogP) is 0.0372. The van der Waals surface area contributed by atoms with Crippen molar-refractivity contribution in [2.45, 2.75) is 17.4 Å². The second-order valence-electron chi connectivity index (χ2n) is 5.14. The van der Waals surface area contributed by atoms with Crippen LogP contribution in [0.3, 0.4) is 0 Å². The number of nitrogens with zero attached hydrogens (tertiary/aromatic N) is 1. The van der Waals surface area contributed by atoms with Gasteiger partial charge in [-0.1, -0.05) is 0 Å². The van der Waals surface area contributed by atoms with Gasteiger partial charge in [-0.15, -0.1) is 0 Å². The number of likely N-dealkylation sites (N-methyl/N-ethyl adjacent to an activating group) is 1. The molecule has 0 aliphatic carbocycles. The van der Waals surface area contributed by atoms with Gasteiger partial charge in [0, 0.05) is 25.2 Å². The summed E-state index contributed by atoms with van der Waals surface area (Å²) in [6.07, 6.45) is 0.889. The van der Waals surface area contributed by atoms with Gasteiger partial charge < -0.3 is 15.0 Å². The normalized spacial score (nSPS) is 18.2. The molecular formula is C14H21N3O4S. The Morgan fingerprint density at radius 2 is 2.18 bits per heavy atom. The summed E-state index contributed by atoms with van der Waals surface area (Å²) in [6.45, 7) is 1.63. The summed E-state index contributed by atoms with van der Waals surface area (Å²) in [7, 11) is 0.743. The molecule has 1 unspecified atom stereocenters. The van der Waals surface area contributed by atoms with E-state index in [1.165, 1.54) is 26.3 Å².